The summed E-state index contributed by atoms with van der Waals surface area (Å²) in [7, 11) is 0. The second kappa shape index (κ2) is 9.02. The van der Waals surface area contributed by atoms with Gasteiger partial charge in [-0.3, -0.25) is 9.59 Å². The maximum atomic E-state index is 12.9. The second-order valence-electron chi connectivity index (χ2n) is 6.18. The predicted octanol–water partition coefficient (Wildman–Crippen LogP) is 3.09. The fraction of sp³-hybridized carbons (Fsp3) is 0.333. The van der Waals surface area contributed by atoms with Crippen molar-refractivity contribution in [3.05, 3.63) is 71.3 Å². The minimum Gasteiger partial charge on any atom is -0.355 e. The summed E-state index contributed by atoms with van der Waals surface area (Å²) in [6.07, 6.45) is 0.288. The van der Waals surface area contributed by atoms with Crippen LogP contribution in [0.5, 0.6) is 0 Å². The molecule has 0 radical (unpaired) electrons. The van der Waals surface area contributed by atoms with Gasteiger partial charge in [0.2, 0.25) is 11.8 Å². The zero-order valence-corrected chi connectivity index (χ0v) is 15.2. The lowest BCUT2D eigenvalue weighted by Gasteiger charge is -2.29. The highest BCUT2D eigenvalue weighted by Crippen LogP contribution is 2.15. The molecule has 2 amide bonds. The lowest BCUT2D eigenvalue weighted by Crippen LogP contribution is -2.48. The Morgan fingerprint density at radius 1 is 1.04 bits per heavy atom. The smallest absolute Gasteiger partial charge is 0.242 e. The molecule has 0 saturated heterocycles. The number of hydrogen-bond acceptors (Lipinski definition) is 2. The molecular formula is C21H26N2O2. The van der Waals surface area contributed by atoms with Gasteiger partial charge in [0, 0.05) is 13.1 Å². The third kappa shape index (κ3) is 5.18. The van der Waals surface area contributed by atoms with Crippen molar-refractivity contribution in [3.63, 3.8) is 0 Å². The minimum atomic E-state index is -0.518. The van der Waals surface area contributed by atoms with Gasteiger partial charge in [0.25, 0.3) is 0 Å². The topological polar surface area (TPSA) is 49.4 Å². The van der Waals surface area contributed by atoms with Crippen molar-refractivity contribution in [2.75, 3.05) is 6.54 Å². The van der Waals surface area contributed by atoms with Crippen molar-refractivity contribution < 1.29 is 9.59 Å². The van der Waals surface area contributed by atoms with Crippen LogP contribution < -0.4 is 5.32 Å². The molecule has 2 aromatic carbocycles. The monoisotopic (exact) mass is 338 g/mol. The number of aryl methyl sites for hydroxylation is 1. The lowest BCUT2D eigenvalue weighted by molar-refractivity contribution is -0.140. The maximum absolute atomic E-state index is 12.9. The van der Waals surface area contributed by atoms with Crippen molar-refractivity contribution in [2.24, 2.45) is 0 Å². The molecule has 0 bridgehead atoms. The molecule has 0 aromatic heterocycles. The van der Waals surface area contributed by atoms with E-state index in [2.05, 4.69) is 5.32 Å². The molecular weight excluding hydrogens is 312 g/mol. The molecule has 25 heavy (non-hydrogen) atoms. The Hall–Kier alpha value is -2.62. The van der Waals surface area contributed by atoms with Crippen molar-refractivity contribution in [1.82, 2.24) is 10.2 Å². The highest BCUT2D eigenvalue weighted by atomic mass is 16.2. The van der Waals surface area contributed by atoms with E-state index >= 15 is 0 Å². The number of carbonyl (C=O) groups is 2. The predicted molar refractivity (Wildman–Crippen MR) is 100 cm³/mol. The molecule has 0 saturated carbocycles. The van der Waals surface area contributed by atoms with E-state index in [0.29, 0.717) is 13.1 Å². The van der Waals surface area contributed by atoms with E-state index in [1.807, 2.05) is 68.4 Å². The molecule has 0 fully saturated rings. The summed E-state index contributed by atoms with van der Waals surface area (Å²) in [4.78, 5) is 26.9. The number of benzene rings is 2. The van der Waals surface area contributed by atoms with Crippen molar-refractivity contribution in [2.45, 2.75) is 39.8 Å². The van der Waals surface area contributed by atoms with Crippen LogP contribution in [0.1, 0.15) is 30.5 Å². The first-order valence-electron chi connectivity index (χ1n) is 8.68. The van der Waals surface area contributed by atoms with Crippen LogP contribution in [0.3, 0.4) is 0 Å². The molecule has 4 heteroatoms. The normalized spacial score (nSPS) is 11.6. The molecule has 0 heterocycles. The Balaban J connectivity index is 2.23. The molecule has 2 aromatic rings. The average Bonchev–Trinajstić information content (AvgIpc) is 2.61. The van der Waals surface area contributed by atoms with Crippen LogP contribution in [-0.2, 0) is 22.6 Å². The van der Waals surface area contributed by atoms with Crippen LogP contribution in [-0.4, -0.2) is 29.3 Å². The molecule has 4 nitrogen and oxygen atoms in total. The number of amides is 2. The van der Waals surface area contributed by atoms with Gasteiger partial charge >= 0.3 is 0 Å². The van der Waals surface area contributed by atoms with Gasteiger partial charge in [-0.2, -0.15) is 0 Å². The van der Waals surface area contributed by atoms with Gasteiger partial charge < -0.3 is 10.2 Å². The summed E-state index contributed by atoms with van der Waals surface area (Å²) >= 11 is 0. The first-order chi connectivity index (χ1) is 12.0. The van der Waals surface area contributed by atoms with Crippen LogP contribution in [0.25, 0.3) is 0 Å². The van der Waals surface area contributed by atoms with Crippen LogP contribution in [0.15, 0.2) is 54.6 Å². The third-order valence-corrected chi connectivity index (χ3v) is 4.32. The molecule has 0 spiro atoms. The Labute approximate surface area is 149 Å². The van der Waals surface area contributed by atoms with E-state index in [9.17, 15) is 9.59 Å². The number of carbonyl (C=O) groups excluding carboxylic acids is 2. The SMILES string of the molecule is CCNC(=O)[C@@H](C)N(Cc1ccccc1C)C(=O)Cc1ccccc1. The molecule has 1 N–H and O–H groups in total. The van der Waals surface area contributed by atoms with E-state index < -0.39 is 6.04 Å². The Kier molecular flexibility index (Phi) is 6.75. The highest BCUT2D eigenvalue weighted by Gasteiger charge is 2.26. The summed E-state index contributed by atoms with van der Waals surface area (Å²) in [5, 5.41) is 2.81. The zero-order valence-electron chi connectivity index (χ0n) is 15.2. The summed E-state index contributed by atoms with van der Waals surface area (Å²) < 4.78 is 0. The number of likely N-dealkylation sites (N-methyl/N-ethyl adjacent to an activating group) is 1. The van der Waals surface area contributed by atoms with Gasteiger partial charge in [-0.25, -0.2) is 0 Å². The van der Waals surface area contributed by atoms with E-state index in [4.69, 9.17) is 0 Å². The Bertz CT molecular complexity index is 713. The summed E-state index contributed by atoms with van der Waals surface area (Å²) in [5.41, 5.74) is 3.12. The minimum absolute atomic E-state index is 0.0480. The van der Waals surface area contributed by atoms with Crippen LogP contribution in [0, 0.1) is 6.92 Å². The third-order valence-electron chi connectivity index (χ3n) is 4.32. The first-order valence-corrected chi connectivity index (χ1v) is 8.68. The molecule has 0 aliphatic heterocycles. The maximum Gasteiger partial charge on any atom is 0.242 e. The van der Waals surface area contributed by atoms with E-state index in [-0.39, 0.29) is 18.2 Å². The number of rotatable bonds is 7. The van der Waals surface area contributed by atoms with Crippen molar-refractivity contribution >= 4 is 11.8 Å². The van der Waals surface area contributed by atoms with Gasteiger partial charge in [-0.1, -0.05) is 54.6 Å². The Morgan fingerprint density at radius 2 is 1.68 bits per heavy atom. The molecule has 0 aliphatic rings. The van der Waals surface area contributed by atoms with Gasteiger partial charge in [0.1, 0.15) is 6.04 Å². The standard InChI is InChI=1S/C21H26N2O2/c1-4-22-21(25)17(3)23(15-19-13-9-8-10-16(19)2)20(24)14-18-11-6-5-7-12-18/h5-13,17H,4,14-15H2,1-3H3,(H,22,25)/t17-/m1/s1. The van der Waals surface area contributed by atoms with Crippen molar-refractivity contribution in [1.29, 1.82) is 0 Å². The molecule has 0 unspecified atom stereocenters. The van der Waals surface area contributed by atoms with Crippen LogP contribution >= 0.6 is 0 Å². The molecule has 1 atom stereocenters. The van der Waals surface area contributed by atoms with Gasteiger partial charge in [-0.15, -0.1) is 0 Å². The van der Waals surface area contributed by atoms with Crippen LogP contribution in [0.4, 0.5) is 0 Å². The summed E-state index contributed by atoms with van der Waals surface area (Å²) in [5.74, 6) is -0.175. The zero-order chi connectivity index (χ0) is 18.2. The van der Waals surface area contributed by atoms with E-state index in [1.165, 1.54) is 0 Å². The average molecular weight is 338 g/mol. The van der Waals surface area contributed by atoms with Crippen molar-refractivity contribution in [3.8, 4) is 0 Å². The van der Waals surface area contributed by atoms with E-state index in [1.54, 1.807) is 11.8 Å². The number of hydrogen-bond donors (Lipinski definition) is 1. The quantitative estimate of drug-likeness (QED) is 0.843. The fourth-order valence-corrected chi connectivity index (χ4v) is 2.75. The van der Waals surface area contributed by atoms with Gasteiger partial charge in [0.15, 0.2) is 0 Å². The van der Waals surface area contributed by atoms with Gasteiger partial charge in [0.05, 0.1) is 6.42 Å². The molecule has 2 rings (SSSR count). The van der Waals surface area contributed by atoms with E-state index in [0.717, 1.165) is 16.7 Å². The summed E-state index contributed by atoms with van der Waals surface area (Å²) in [6.45, 7) is 6.66. The highest BCUT2D eigenvalue weighted by molar-refractivity contribution is 5.88. The largest absolute Gasteiger partial charge is 0.355 e. The fourth-order valence-electron chi connectivity index (χ4n) is 2.75. The second-order valence-corrected chi connectivity index (χ2v) is 6.18. The van der Waals surface area contributed by atoms with Gasteiger partial charge in [-0.05, 0) is 37.5 Å². The lowest BCUT2D eigenvalue weighted by atomic mass is 10.1. The Morgan fingerprint density at radius 3 is 2.32 bits per heavy atom. The van der Waals surface area contributed by atoms with Crippen LogP contribution in [0.2, 0.25) is 0 Å². The first kappa shape index (κ1) is 18.7. The number of nitrogens with one attached hydrogen (secondary N) is 1. The molecule has 132 valence electrons. The molecule has 0 aliphatic carbocycles. The number of nitrogens with zero attached hydrogens (tertiary/aromatic N) is 1. The summed E-state index contributed by atoms with van der Waals surface area (Å²) in [6, 6.07) is 17.1.